The van der Waals surface area contributed by atoms with E-state index in [-0.39, 0.29) is 0 Å². The number of anilines is 1. The molecular formula is C15H17N5. The van der Waals surface area contributed by atoms with Gasteiger partial charge in [-0.3, -0.25) is 0 Å². The third kappa shape index (κ3) is 2.88. The maximum absolute atomic E-state index is 4.12. The van der Waals surface area contributed by atoms with Crippen molar-refractivity contribution in [1.82, 2.24) is 19.3 Å². The minimum absolute atomic E-state index is 0.736. The van der Waals surface area contributed by atoms with Crippen LogP contribution in [0.1, 0.15) is 11.3 Å². The number of aryl methyl sites for hydroxylation is 1. The van der Waals surface area contributed by atoms with Crippen molar-refractivity contribution in [2.24, 2.45) is 7.05 Å². The number of aromatic nitrogens is 4. The summed E-state index contributed by atoms with van der Waals surface area (Å²) in [6, 6.07) is 12.5. The Morgan fingerprint density at radius 1 is 1.20 bits per heavy atom. The summed E-state index contributed by atoms with van der Waals surface area (Å²) in [5.41, 5.74) is 3.57. The van der Waals surface area contributed by atoms with Gasteiger partial charge in [0.2, 0.25) is 0 Å². The quantitative estimate of drug-likeness (QED) is 0.771. The Kier molecular flexibility index (Phi) is 3.50. The largest absolute Gasteiger partial charge is 0.379 e. The summed E-state index contributed by atoms with van der Waals surface area (Å²) in [7, 11) is 2.05. The molecule has 5 heteroatoms. The summed E-state index contributed by atoms with van der Waals surface area (Å²) in [5.74, 6) is 0. The summed E-state index contributed by atoms with van der Waals surface area (Å²) in [5, 5.41) is 7.56. The van der Waals surface area contributed by atoms with Gasteiger partial charge < -0.3 is 9.88 Å². The molecule has 0 radical (unpaired) electrons. The van der Waals surface area contributed by atoms with Gasteiger partial charge in [0.1, 0.15) is 12.7 Å². The van der Waals surface area contributed by atoms with Crippen molar-refractivity contribution in [3.05, 3.63) is 66.5 Å². The van der Waals surface area contributed by atoms with Crippen molar-refractivity contribution >= 4 is 5.69 Å². The van der Waals surface area contributed by atoms with Crippen molar-refractivity contribution < 1.29 is 0 Å². The van der Waals surface area contributed by atoms with E-state index < -0.39 is 0 Å². The zero-order chi connectivity index (χ0) is 13.8. The van der Waals surface area contributed by atoms with E-state index in [0.29, 0.717) is 0 Å². The highest BCUT2D eigenvalue weighted by Gasteiger charge is 2.00. The van der Waals surface area contributed by atoms with Gasteiger partial charge in [0.15, 0.2) is 0 Å². The van der Waals surface area contributed by atoms with Crippen LogP contribution in [0.5, 0.6) is 0 Å². The summed E-state index contributed by atoms with van der Waals surface area (Å²) >= 11 is 0. The highest BCUT2D eigenvalue weighted by atomic mass is 15.3. The standard InChI is InChI=1S/C15H17N5/c1-19-7-3-6-15(19)9-17-14-5-2-4-13(8-14)10-20-12-16-11-18-20/h2-8,11-12,17H,9-10H2,1H3. The molecule has 0 atom stereocenters. The van der Waals surface area contributed by atoms with E-state index in [1.165, 1.54) is 11.3 Å². The van der Waals surface area contributed by atoms with Crippen molar-refractivity contribution in [2.75, 3.05) is 5.32 Å². The van der Waals surface area contributed by atoms with Crippen LogP contribution in [0, 0.1) is 0 Å². The molecule has 0 aliphatic carbocycles. The number of hydrogen-bond donors (Lipinski definition) is 1. The lowest BCUT2D eigenvalue weighted by atomic mass is 10.2. The lowest BCUT2D eigenvalue weighted by Gasteiger charge is -2.09. The lowest BCUT2D eigenvalue weighted by Crippen LogP contribution is -2.05. The Morgan fingerprint density at radius 3 is 2.90 bits per heavy atom. The molecule has 102 valence electrons. The Balaban J connectivity index is 1.67. The number of rotatable bonds is 5. The Hall–Kier alpha value is -2.56. The van der Waals surface area contributed by atoms with E-state index in [0.717, 1.165) is 18.8 Å². The summed E-state index contributed by atoms with van der Waals surface area (Å²) in [6.45, 7) is 1.55. The number of hydrogen-bond acceptors (Lipinski definition) is 3. The second-order valence-electron chi connectivity index (χ2n) is 4.76. The van der Waals surface area contributed by atoms with Gasteiger partial charge in [-0.2, -0.15) is 5.10 Å². The molecule has 2 heterocycles. The molecule has 0 saturated heterocycles. The first-order valence-electron chi connectivity index (χ1n) is 6.57. The van der Waals surface area contributed by atoms with Crippen LogP contribution >= 0.6 is 0 Å². The van der Waals surface area contributed by atoms with Crippen LogP contribution in [-0.2, 0) is 20.1 Å². The first-order chi connectivity index (χ1) is 9.81. The first kappa shape index (κ1) is 12.5. The zero-order valence-electron chi connectivity index (χ0n) is 11.4. The number of nitrogens with zero attached hydrogens (tertiary/aromatic N) is 4. The van der Waals surface area contributed by atoms with Gasteiger partial charge in [-0.15, -0.1) is 0 Å². The predicted octanol–water partition coefficient (Wildman–Crippen LogP) is 2.28. The van der Waals surface area contributed by atoms with Gasteiger partial charge in [-0.1, -0.05) is 12.1 Å². The van der Waals surface area contributed by atoms with Crippen LogP contribution in [0.2, 0.25) is 0 Å². The average Bonchev–Trinajstić information content (AvgIpc) is 3.09. The second kappa shape index (κ2) is 5.61. The molecule has 0 unspecified atom stereocenters. The van der Waals surface area contributed by atoms with E-state index in [1.807, 2.05) is 4.68 Å². The van der Waals surface area contributed by atoms with Crippen LogP contribution in [0.4, 0.5) is 5.69 Å². The van der Waals surface area contributed by atoms with Crippen molar-refractivity contribution in [1.29, 1.82) is 0 Å². The van der Waals surface area contributed by atoms with Crippen LogP contribution < -0.4 is 5.32 Å². The molecule has 20 heavy (non-hydrogen) atoms. The molecule has 3 aromatic rings. The molecule has 3 rings (SSSR count). The fourth-order valence-electron chi connectivity index (χ4n) is 2.15. The third-order valence-electron chi connectivity index (χ3n) is 3.26. The SMILES string of the molecule is Cn1cccc1CNc1cccc(Cn2cncn2)c1. The fraction of sp³-hybridized carbons (Fsp3) is 0.200. The maximum atomic E-state index is 4.12. The van der Waals surface area contributed by atoms with E-state index in [4.69, 9.17) is 0 Å². The molecule has 0 aliphatic rings. The average molecular weight is 267 g/mol. The molecule has 0 aliphatic heterocycles. The van der Waals surface area contributed by atoms with Gasteiger partial charge in [-0.25, -0.2) is 9.67 Å². The van der Waals surface area contributed by atoms with Crippen molar-refractivity contribution in [3.8, 4) is 0 Å². The summed E-state index contributed by atoms with van der Waals surface area (Å²) < 4.78 is 3.93. The van der Waals surface area contributed by atoms with Crippen LogP contribution in [-0.4, -0.2) is 19.3 Å². The lowest BCUT2D eigenvalue weighted by molar-refractivity contribution is 0.685. The van der Waals surface area contributed by atoms with Gasteiger partial charge in [-0.05, 0) is 29.8 Å². The fourth-order valence-corrected chi connectivity index (χ4v) is 2.15. The Morgan fingerprint density at radius 2 is 2.15 bits per heavy atom. The highest BCUT2D eigenvalue weighted by Crippen LogP contribution is 2.13. The molecular weight excluding hydrogens is 250 g/mol. The number of benzene rings is 1. The van der Waals surface area contributed by atoms with Crippen LogP contribution in [0.25, 0.3) is 0 Å². The third-order valence-corrected chi connectivity index (χ3v) is 3.26. The maximum Gasteiger partial charge on any atom is 0.137 e. The van der Waals surface area contributed by atoms with E-state index in [2.05, 4.69) is 69.6 Å². The first-order valence-corrected chi connectivity index (χ1v) is 6.57. The molecule has 2 aromatic heterocycles. The van der Waals surface area contributed by atoms with Crippen LogP contribution in [0.15, 0.2) is 55.2 Å². The molecule has 0 fully saturated rings. The smallest absolute Gasteiger partial charge is 0.137 e. The predicted molar refractivity (Wildman–Crippen MR) is 78.3 cm³/mol. The normalized spacial score (nSPS) is 10.7. The summed E-state index contributed by atoms with van der Waals surface area (Å²) in [4.78, 5) is 3.95. The molecule has 0 spiro atoms. The minimum atomic E-state index is 0.736. The van der Waals surface area contributed by atoms with E-state index in [1.54, 1.807) is 12.7 Å². The van der Waals surface area contributed by atoms with E-state index in [9.17, 15) is 0 Å². The number of nitrogens with one attached hydrogen (secondary N) is 1. The highest BCUT2D eigenvalue weighted by molar-refractivity contribution is 5.46. The van der Waals surface area contributed by atoms with E-state index >= 15 is 0 Å². The van der Waals surface area contributed by atoms with Crippen molar-refractivity contribution in [3.63, 3.8) is 0 Å². The topological polar surface area (TPSA) is 47.7 Å². The van der Waals surface area contributed by atoms with Gasteiger partial charge in [0.25, 0.3) is 0 Å². The Bertz CT molecular complexity index is 669. The second-order valence-corrected chi connectivity index (χ2v) is 4.76. The molecule has 1 aromatic carbocycles. The molecule has 0 bridgehead atoms. The monoisotopic (exact) mass is 267 g/mol. The van der Waals surface area contributed by atoms with Crippen LogP contribution in [0.3, 0.4) is 0 Å². The molecule has 0 saturated carbocycles. The molecule has 1 N–H and O–H groups in total. The Labute approximate surface area is 117 Å². The summed E-state index contributed by atoms with van der Waals surface area (Å²) in [6.07, 6.45) is 5.33. The molecule has 5 nitrogen and oxygen atoms in total. The minimum Gasteiger partial charge on any atom is -0.379 e. The van der Waals surface area contributed by atoms with Gasteiger partial charge >= 0.3 is 0 Å². The molecule has 0 amide bonds. The zero-order valence-corrected chi connectivity index (χ0v) is 11.4. The van der Waals surface area contributed by atoms with Crippen molar-refractivity contribution in [2.45, 2.75) is 13.1 Å². The van der Waals surface area contributed by atoms with Gasteiger partial charge in [0.05, 0.1) is 13.1 Å². The van der Waals surface area contributed by atoms with Gasteiger partial charge in [0, 0.05) is 24.6 Å².